The number of nitrogens with zero attached hydrogens (tertiary/aromatic N) is 2. The summed E-state index contributed by atoms with van der Waals surface area (Å²) in [6.07, 6.45) is 1.17. The number of rotatable bonds is 2. The van der Waals surface area contributed by atoms with E-state index in [0.29, 0.717) is 6.42 Å². The number of carbonyl (C=O) groups is 1. The van der Waals surface area contributed by atoms with E-state index in [2.05, 4.69) is 11.2 Å². The molecule has 0 N–H and O–H groups in total. The summed E-state index contributed by atoms with van der Waals surface area (Å²) in [4.78, 5) is 12.7. The molecular formula is C21H19FN2O. The van der Waals surface area contributed by atoms with Gasteiger partial charge >= 0.3 is 0 Å². The van der Waals surface area contributed by atoms with E-state index < -0.39 is 0 Å². The topological polar surface area (TPSA) is 34.9 Å². The monoisotopic (exact) mass is 334 g/mol. The molecule has 0 amide bonds. The molecule has 0 aliphatic heterocycles. The maximum Gasteiger partial charge on any atom is 0.167 e. The minimum Gasteiger partial charge on any atom is -0.294 e. The summed E-state index contributed by atoms with van der Waals surface area (Å²) in [5.41, 5.74) is 5.59. The second-order valence-electron chi connectivity index (χ2n) is 6.74. The van der Waals surface area contributed by atoms with Crippen molar-refractivity contribution in [1.29, 1.82) is 0 Å². The summed E-state index contributed by atoms with van der Waals surface area (Å²) in [7, 11) is 0. The molecule has 4 rings (SSSR count). The van der Waals surface area contributed by atoms with Crippen molar-refractivity contribution < 1.29 is 9.18 Å². The van der Waals surface area contributed by atoms with E-state index in [1.807, 2.05) is 36.7 Å². The lowest BCUT2D eigenvalue weighted by molar-refractivity contribution is 0.0963. The van der Waals surface area contributed by atoms with Gasteiger partial charge < -0.3 is 0 Å². The van der Waals surface area contributed by atoms with Crippen molar-refractivity contribution in [2.75, 3.05) is 0 Å². The van der Waals surface area contributed by atoms with Gasteiger partial charge in [0.2, 0.25) is 0 Å². The fourth-order valence-corrected chi connectivity index (χ4v) is 3.70. The highest BCUT2D eigenvalue weighted by Crippen LogP contribution is 2.35. The Balaban J connectivity index is 1.79. The van der Waals surface area contributed by atoms with Gasteiger partial charge in [-0.15, -0.1) is 0 Å². The molecule has 0 radical (unpaired) electrons. The van der Waals surface area contributed by atoms with Crippen LogP contribution in [-0.4, -0.2) is 15.6 Å². The van der Waals surface area contributed by atoms with Gasteiger partial charge in [0.1, 0.15) is 5.82 Å². The first-order valence-corrected chi connectivity index (χ1v) is 8.47. The predicted octanol–water partition coefficient (Wildman–Crippen LogP) is 4.54. The number of Topliss-reactive ketones (excluding diaryl/α,β-unsaturated/α-hetero) is 1. The van der Waals surface area contributed by atoms with Gasteiger partial charge in [-0.25, -0.2) is 9.07 Å². The molecule has 0 spiro atoms. The molecule has 4 heteroatoms. The van der Waals surface area contributed by atoms with E-state index in [9.17, 15) is 9.18 Å². The Hall–Kier alpha value is -2.75. The van der Waals surface area contributed by atoms with E-state index in [1.54, 1.807) is 12.1 Å². The maximum absolute atomic E-state index is 13.2. The van der Waals surface area contributed by atoms with E-state index in [-0.39, 0.29) is 17.5 Å². The van der Waals surface area contributed by atoms with Crippen LogP contribution in [0.2, 0.25) is 0 Å². The molecule has 1 aliphatic carbocycles. The number of aromatic nitrogens is 2. The average Bonchev–Trinajstić information content (AvgIpc) is 2.93. The van der Waals surface area contributed by atoms with Crippen LogP contribution < -0.4 is 0 Å². The normalized spacial score (nSPS) is 16.8. The summed E-state index contributed by atoms with van der Waals surface area (Å²) in [5, 5.41) is 4.63. The molecule has 1 heterocycles. The Labute approximate surface area is 146 Å². The number of carbonyl (C=O) groups excluding carboxylic acids is 1. The summed E-state index contributed by atoms with van der Waals surface area (Å²) in [5.74, 6) is -0.0838. The van der Waals surface area contributed by atoms with Crippen LogP contribution in [0.1, 0.15) is 45.2 Å². The number of halogens is 1. The van der Waals surface area contributed by atoms with Crippen molar-refractivity contribution in [1.82, 2.24) is 9.78 Å². The Morgan fingerprint density at radius 1 is 1.08 bits per heavy atom. The van der Waals surface area contributed by atoms with Gasteiger partial charge in [-0.1, -0.05) is 24.3 Å². The molecule has 25 heavy (non-hydrogen) atoms. The van der Waals surface area contributed by atoms with Crippen molar-refractivity contribution in [2.45, 2.75) is 32.6 Å². The number of hydrogen-bond acceptors (Lipinski definition) is 2. The number of hydrogen-bond donors (Lipinski definition) is 0. The van der Waals surface area contributed by atoms with Gasteiger partial charge in [0.25, 0.3) is 0 Å². The standard InChI is InChI=1S/C21H19FN2O/c1-13-4-3-5-18(10-13)24-19-11-16(15-6-8-17(22)9-7-15)12-20(25)21(19)14(2)23-24/h3-10,16H,11-12H2,1-2H3/t16-/m1/s1. The Morgan fingerprint density at radius 3 is 2.56 bits per heavy atom. The van der Waals surface area contributed by atoms with Gasteiger partial charge in [-0.3, -0.25) is 4.79 Å². The van der Waals surface area contributed by atoms with Crippen LogP contribution in [0.15, 0.2) is 48.5 Å². The lowest BCUT2D eigenvalue weighted by Gasteiger charge is -2.23. The minimum atomic E-state index is -0.257. The SMILES string of the molecule is Cc1cccc(-n2nc(C)c3c2C[C@@H](c2ccc(F)cc2)CC3=O)c1. The zero-order valence-corrected chi connectivity index (χ0v) is 14.3. The smallest absolute Gasteiger partial charge is 0.167 e. The molecule has 3 aromatic rings. The third-order valence-electron chi connectivity index (χ3n) is 4.89. The lowest BCUT2D eigenvalue weighted by atomic mass is 9.81. The van der Waals surface area contributed by atoms with E-state index in [1.165, 1.54) is 12.1 Å². The molecule has 0 bridgehead atoms. The van der Waals surface area contributed by atoms with Crippen LogP contribution >= 0.6 is 0 Å². The summed E-state index contributed by atoms with van der Waals surface area (Å²) in [6.45, 7) is 3.93. The van der Waals surface area contributed by atoms with E-state index in [4.69, 9.17) is 0 Å². The van der Waals surface area contributed by atoms with Crippen LogP contribution in [0.3, 0.4) is 0 Å². The molecule has 1 aliphatic rings. The predicted molar refractivity (Wildman–Crippen MR) is 94.8 cm³/mol. The summed E-state index contributed by atoms with van der Waals surface area (Å²) < 4.78 is 15.1. The van der Waals surface area contributed by atoms with Gasteiger partial charge in [0, 0.05) is 6.42 Å². The molecule has 0 unspecified atom stereocenters. The minimum absolute atomic E-state index is 0.0558. The first-order chi connectivity index (χ1) is 12.0. The summed E-state index contributed by atoms with van der Waals surface area (Å²) >= 11 is 0. The molecule has 1 atom stereocenters. The fraction of sp³-hybridized carbons (Fsp3) is 0.238. The van der Waals surface area contributed by atoms with Crippen LogP contribution in [0.25, 0.3) is 5.69 Å². The lowest BCUT2D eigenvalue weighted by Crippen LogP contribution is -2.20. The highest BCUT2D eigenvalue weighted by Gasteiger charge is 2.32. The molecular weight excluding hydrogens is 315 g/mol. The zero-order valence-electron chi connectivity index (χ0n) is 14.3. The van der Waals surface area contributed by atoms with Gasteiger partial charge in [-0.2, -0.15) is 5.10 Å². The molecule has 0 saturated carbocycles. The van der Waals surface area contributed by atoms with Gasteiger partial charge in [0.05, 0.1) is 22.6 Å². The Bertz CT molecular complexity index is 957. The van der Waals surface area contributed by atoms with Crippen LogP contribution in [0.4, 0.5) is 4.39 Å². The number of benzene rings is 2. The maximum atomic E-state index is 13.2. The van der Waals surface area contributed by atoms with Crippen molar-refractivity contribution in [3.63, 3.8) is 0 Å². The molecule has 1 aromatic heterocycles. The number of aryl methyl sites for hydroxylation is 2. The van der Waals surface area contributed by atoms with Gasteiger partial charge in [-0.05, 0) is 61.6 Å². The highest BCUT2D eigenvalue weighted by atomic mass is 19.1. The fourth-order valence-electron chi connectivity index (χ4n) is 3.70. The third kappa shape index (κ3) is 2.78. The van der Waals surface area contributed by atoms with Crippen LogP contribution in [-0.2, 0) is 6.42 Å². The van der Waals surface area contributed by atoms with Gasteiger partial charge in [0.15, 0.2) is 5.78 Å². The first-order valence-electron chi connectivity index (χ1n) is 8.47. The van der Waals surface area contributed by atoms with Crippen LogP contribution in [0, 0.1) is 19.7 Å². The molecule has 0 saturated heterocycles. The number of fused-ring (bicyclic) bond motifs is 1. The van der Waals surface area contributed by atoms with E-state index >= 15 is 0 Å². The quantitative estimate of drug-likeness (QED) is 0.689. The molecule has 126 valence electrons. The first kappa shape index (κ1) is 15.8. The highest BCUT2D eigenvalue weighted by molar-refractivity contribution is 6.00. The van der Waals surface area contributed by atoms with Crippen molar-refractivity contribution in [2.24, 2.45) is 0 Å². The van der Waals surface area contributed by atoms with Crippen molar-refractivity contribution >= 4 is 5.78 Å². The van der Waals surface area contributed by atoms with Crippen molar-refractivity contribution in [3.05, 3.63) is 82.4 Å². The Morgan fingerprint density at radius 2 is 1.84 bits per heavy atom. The van der Waals surface area contributed by atoms with Crippen LogP contribution in [0.5, 0.6) is 0 Å². The molecule has 0 fully saturated rings. The molecule has 3 nitrogen and oxygen atoms in total. The zero-order chi connectivity index (χ0) is 17.6. The second-order valence-corrected chi connectivity index (χ2v) is 6.74. The second kappa shape index (κ2) is 5.96. The average molecular weight is 334 g/mol. The van der Waals surface area contributed by atoms with Crippen molar-refractivity contribution in [3.8, 4) is 5.69 Å². The third-order valence-corrected chi connectivity index (χ3v) is 4.89. The number of ketones is 1. The van der Waals surface area contributed by atoms with E-state index in [0.717, 1.165) is 40.2 Å². The Kier molecular flexibility index (Phi) is 3.75. The largest absolute Gasteiger partial charge is 0.294 e. The molecule has 2 aromatic carbocycles. The summed E-state index contributed by atoms with van der Waals surface area (Å²) in [6, 6.07) is 14.6.